The van der Waals surface area contributed by atoms with Crippen LogP contribution in [0.2, 0.25) is 0 Å². The molecule has 0 aromatic heterocycles. The molecule has 42 valence electrons. The average molecular weight is 102 g/mol. The molecule has 2 heteroatoms. The molecular formula is C5H10O2. The van der Waals surface area contributed by atoms with Gasteiger partial charge in [-0.2, -0.15) is 0 Å². The third-order valence-electron chi connectivity index (χ3n) is 0.699. The molecule has 0 radical (unpaired) electrons. The van der Waals surface area contributed by atoms with Gasteiger partial charge in [-0.25, -0.2) is 0 Å². The van der Waals surface area contributed by atoms with E-state index in [-0.39, 0.29) is 6.79 Å². The molecule has 2 nitrogen and oxygen atoms in total. The lowest BCUT2D eigenvalue weighted by Crippen LogP contribution is -1.87. The van der Waals surface area contributed by atoms with E-state index in [0.29, 0.717) is 0 Å². The van der Waals surface area contributed by atoms with Gasteiger partial charge >= 0.3 is 0 Å². The highest BCUT2D eigenvalue weighted by Gasteiger charge is 1.78. The molecule has 0 saturated heterocycles. The maximum absolute atomic E-state index is 8.10. The van der Waals surface area contributed by atoms with Crippen molar-refractivity contribution in [2.75, 3.05) is 6.79 Å². The molecular weight excluding hydrogens is 92.1 g/mol. The number of aliphatic hydroxyl groups excluding tert-OH is 1. The maximum atomic E-state index is 8.10. The summed E-state index contributed by atoms with van der Waals surface area (Å²) in [5, 5.41) is 8.10. The van der Waals surface area contributed by atoms with Gasteiger partial charge in [0.05, 0.1) is 5.76 Å². The third-order valence-corrected chi connectivity index (χ3v) is 0.699. The Morgan fingerprint density at radius 3 is 2.57 bits per heavy atom. The molecule has 0 aliphatic rings. The van der Waals surface area contributed by atoms with Crippen molar-refractivity contribution in [2.45, 2.75) is 13.8 Å². The molecule has 0 aliphatic carbocycles. The Labute approximate surface area is 43.4 Å². The second-order valence-electron chi connectivity index (χ2n) is 1.17. The van der Waals surface area contributed by atoms with Gasteiger partial charge in [0.1, 0.15) is 0 Å². The van der Waals surface area contributed by atoms with E-state index in [2.05, 4.69) is 4.74 Å². The molecule has 0 aromatic rings. The molecule has 0 amide bonds. The van der Waals surface area contributed by atoms with Crippen molar-refractivity contribution in [3.63, 3.8) is 0 Å². The number of hydrogen-bond acceptors (Lipinski definition) is 2. The quantitative estimate of drug-likeness (QED) is 0.414. The van der Waals surface area contributed by atoms with Crippen LogP contribution in [0, 0.1) is 0 Å². The highest BCUT2D eigenvalue weighted by molar-refractivity contribution is 4.83. The summed E-state index contributed by atoms with van der Waals surface area (Å²) in [5.74, 6) is 0.752. The first-order chi connectivity index (χ1) is 3.31. The Kier molecular flexibility index (Phi) is 3.42. The molecule has 0 heterocycles. The van der Waals surface area contributed by atoms with E-state index in [9.17, 15) is 0 Å². The number of rotatable bonds is 2. The summed E-state index contributed by atoms with van der Waals surface area (Å²) < 4.78 is 4.61. The number of allylic oxidation sites excluding steroid dienone is 2. The number of ether oxygens (including phenoxy) is 1. The van der Waals surface area contributed by atoms with Gasteiger partial charge in [-0.05, 0) is 19.9 Å². The van der Waals surface area contributed by atoms with Crippen LogP contribution in [0.4, 0.5) is 0 Å². The van der Waals surface area contributed by atoms with Crippen LogP contribution in [0.15, 0.2) is 11.8 Å². The zero-order valence-corrected chi connectivity index (χ0v) is 4.64. The summed E-state index contributed by atoms with van der Waals surface area (Å²) in [6.07, 6.45) is 1.79. The monoisotopic (exact) mass is 102 g/mol. The summed E-state index contributed by atoms with van der Waals surface area (Å²) in [5.41, 5.74) is 0. The van der Waals surface area contributed by atoms with E-state index in [1.165, 1.54) is 0 Å². The van der Waals surface area contributed by atoms with E-state index in [4.69, 9.17) is 5.11 Å². The smallest absolute Gasteiger partial charge is 0.185 e. The van der Waals surface area contributed by atoms with Crippen LogP contribution in [-0.2, 0) is 4.74 Å². The molecule has 0 rings (SSSR count). The van der Waals surface area contributed by atoms with Gasteiger partial charge in [-0.3, -0.25) is 0 Å². The Balaban J connectivity index is 3.17. The number of hydrogen-bond donors (Lipinski definition) is 1. The van der Waals surface area contributed by atoms with Crippen LogP contribution in [0.3, 0.4) is 0 Å². The van der Waals surface area contributed by atoms with Crippen LogP contribution in [0.1, 0.15) is 13.8 Å². The normalized spacial score (nSPS) is 11.6. The Morgan fingerprint density at radius 1 is 1.86 bits per heavy atom. The van der Waals surface area contributed by atoms with E-state index < -0.39 is 0 Å². The highest BCUT2D eigenvalue weighted by Crippen LogP contribution is 1.90. The maximum Gasteiger partial charge on any atom is 0.185 e. The van der Waals surface area contributed by atoms with Gasteiger partial charge in [0.25, 0.3) is 0 Å². The molecule has 0 fully saturated rings. The first-order valence-electron chi connectivity index (χ1n) is 2.18. The van der Waals surface area contributed by atoms with Crippen LogP contribution in [-0.4, -0.2) is 11.9 Å². The van der Waals surface area contributed by atoms with Crippen molar-refractivity contribution in [1.29, 1.82) is 0 Å². The minimum atomic E-state index is -0.226. The first-order valence-corrected chi connectivity index (χ1v) is 2.18. The van der Waals surface area contributed by atoms with Crippen molar-refractivity contribution in [2.24, 2.45) is 0 Å². The Bertz CT molecular complexity index is 66.5. The van der Waals surface area contributed by atoms with Gasteiger partial charge in [0.15, 0.2) is 6.79 Å². The largest absolute Gasteiger partial charge is 0.473 e. The fourth-order valence-electron chi connectivity index (χ4n) is 0.185. The standard InChI is InChI=1S/C5H10O2/c1-3-5(2)7-4-6/h3,6H,4H2,1-2H3. The van der Waals surface area contributed by atoms with Crippen LogP contribution >= 0.6 is 0 Å². The summed E-state index contributed by atoms with van der Waals surface area (Å²) >= 11 is 0. The average Bonchev–Trinajstić information content (AvgIpc) is 1.68. The number of aliphatic hydroxyl groups is 1. The van der Waals surface area contributed by atoms with Gasteiger partial charge in [-0.15, -0.1) is 0 Å². The highest BCUT2D eigenvalue weighted by atomic mass is 16.6. The van der Waals surface area contributed by atoms with E-state index in [0.717, 1.165) is 5.76 Å². The fraction of sp³-hybridized carbons (Fsp3) is 0.600. The molecule has 0 saturated carbocycles. The molecule has 0 aliphatic heterocycles. The lowest BCUT2D eigenvalue weighted by Gasteiger charge is -1.97. The topological polar surface area (TPSA) is 29.5 Å². The summed E-state index contributed by atoms with van der Waals surface area (Å²) in [7, 11) is 0. The van der Waals surface area contributed by atoms with Gasteiger partial charge in [0, 0.05) is 0 Å². The lowest BCUT2D eigenvalue weighted by atomic mass is 10.5. The second-order valence-corrected chi connectivity index (χ2v) is 1.17. The Morgan fingerprint density at radius 2 is 2.43 bits per heavy atom. The summed E-state index contributed by atoms with van der Waals surface area (Å²) in [6.45, 7) is 3.41. The molecule has 0 spiro atoms. The fourth-order valence-corrected chi connectivity index (χ4v) is 0.185. The zero-order chi connectivity index (χ0) is 5.70. The lowest BCUT2D eigenvalue weighted by molar-refractivity contribution is 0.0429. The molecule has 7 heavy (non-hydrogen) atoms. The van der Waals surface area contributed by atoms with Crippen LogP contribution in [0.25, 0.3) is 0 Å². The Hall–Kier alpha value is -0.500. The van der Waals surface area contributed by atoms with Crippen molar-refractivity contribution >= 4 is 0 Å². The van der Waals surface area contributed by atoms with Gasteiger partial charge in [-0.1, -0.05) is 0 Å². The van der Waals surface area contributed by atoms with Crippen molar-refractivity contribution in [1.82, 2.24) is 0 Å². The van der Waals surface area contributed by atoms with E-state index in [1.54, 1.807) is 13.0 Å². The first kappa shape index (κ1) is 6.50. The van der Waals surface area contributed by atoms with Crippen LogP contribution in [0.5, 0.6) is 0 Å². The summed E-state index contributed by atoms with van der Waals surface area (Å²) in [6, 6.07) is 0. The SMILES string of the molecule is CC=C(C)OCO. The molecule has 0 unspecified atom stereocenters. The summed E-state index contributed by atoms with van der Waals surface area (Å²) in [4.78, 5) is 0. The molecule has 0 atom stereocenters. The van der Waals surface area contributed by atoms with Gasteiger partial charge < -0.3 is 9.84 Å². The third kappa shape index (κ3) is 3.33. The van der Waals surface area contributed by atoms with E-state index >= 15 is 0 Å². The van der Waals surface area contributed by atoms with Crippen molar-refractivity contribution in [3.8, 4) is 0 Å². The zero-order valence-electron chi connectivity index (χ0n) is 4.64. The molecule has 0 bridgehead atoms. The van der Waals surface area contributed by atoms with Crippen LogP contribution < -0.4 is 0 Å². The molecule has 1 N–H and O–H groups in total. The minimum absolute atomic E-state index is 0.226. The molecule has 0 aromatic carbocycles. The minimum Gasteiger partial charge on any atom is -0.473 e. The van der Waals surface area contributed by atoms with E-state index in [1.807, 2.05) is 6.92 Å². The van der Waals surface area contributed by atoms with Crippen molar-refractivity contribution < 1.29 is 9.84 Å². The predicted octanol–water partition coefficient (Wildman–Crippen LogP) is 0.876. The predicted molar refractivity (Wildman–Crippen MR) is 27.6 cm³/mol. The second kappa shape index (κ2) is 3.68. The van der Waals surface area contributed by atoms with Crippen molar-refractivity contribution in [3.05, 3.63) is 11.8 Å². The van der Waals surface area contributed by atoms with Gasteiger partial charge in [0.2, 0.25) is 0 Å².